The number of nitrogens with one attached hydrogen (secondary N) is 4. The van der Waals surface area contributed by atoms with E-state index in [1.165, 1.54) is 6.33 Å². The number of amides is 3. The molecule has 13 heteroatoms. The SMILES string of the molecule is COc1cccc2[nH]c(C(=O)N[C@@H](CC(C)C)C(=O)N[C@@H](C[C@@H]3CCNC3=O)C(=O)COC(=O)Cc3c(C)ncnc3C)cc12. The van der Waals surface area contributed by atoms with Crippen molar-refractivity contribution >= 4 is 40.4 Å². The van der Waals surface area contributed by atoms with Crippen molar-refractivity contribution in [2.75, 3.05) is 20.3 Å². The minimum absolute atomic E-state index is 0.0217. The third-order valence-electron chi connectivity index (χ3n) is 7.88. The standard InChI is InChI=1S/C32H40N6O7/c1-17(2)11-25(38-32(43)26-13-22-23(36-26)7-6-8-28(22)44-5)31(42)37-24(12-20-9-10-33-30(20)41)27(39)15-45-29(40)14-21-18(3)34-16-35-19(21)4/h6-8,13,16-17,20,24-25,36H,9-12,14-15H2,1-5H3,(H,33,41)(H,37,42)(H,38,43)/t20-,24-,25-/m0/s1. The third-order valence-corrected chi connectivity index (χ3v) is 7.88. The summed E-state index contributed by atoms with van der Waals surface area (Å²) in [5, 5.41) is 8.98. The van der Waals surface area contributed by atoms with Crippen LogP contribution in [-0.2, 0) is 30.3 Å². The first-order valence-corrected chi connectivity index (χ1v) is 15.0. The molecule has 3 atom stereocenters. The minimum Gasteiger partial charge on any atom is -0.496 e. The number of aromatic amines is 1. The predicted molar refractivity (Wildman–Crippen MR) is 164 cm³/mol. The summed E-state index contributed by atoms with van der Waals surface area (Å²) in [5.74, 6) is -2.39. The highest BCUT2D eigenvalue weighted by Gasteiger charge is 2.34. The number of ether oxygens (including phenoxy) is 2. The average molecular weight is 621 g/mol. The Labute approximate surface area is 261 Å². The van der Waals surface area contributed by atoms with Crippen LogP contribution in [0.4, 0.5) is 0 Å². The lowest BCUT2D eigenvalue weighted by molar-refractivity contribution is -0.148. The second-order valence-corrected chi connectivity index (χ2v) is 11.7. The molecule has 0 spiro atoms. The molecule has 240 valence electrons. The number of benzene rings is 1. The molecule has 45 heavy (non-hydrogen) atoms. The molecule has 1 aliphatic heterocycles. The van der Waals surface area contributed by atoms with Gasteiger partial charge >= 0.3 is 5.97 Å². The number of aromatic nitrogens is 3. The minimum atomic E-state index is -1.12. The van der Waals surface area contributed by atoms with E-state index in [4.69, 9.17) is 9.47 Å². The van der Waals surface area contributed by atoms with Gasteiger partial charge in [0.15, 0.2) is 12.4 Å². The van der Waals surface area contributed by atoms with Gasteiger partial charge < -0.3 is 30.4 Å². The van der Waals surface area contributed by atoms with Crippen molar-refractivity contribution < 1.29 is 33.4 Å². The number of ketones is 1. The molecule has 0 radical (unpaired) electrons. The van der Waals surface area contributed by atoms with Gasteiger partial charge in [0.2, 0.25) is 11.8 Å². The van der Waals surface area contributed by atoms with Crippen LogP contribution in [0.15, 0.2) is 30.6 Å². The molecule has 0 bridgehead atoms. The van der Waals surface area contributed by atoms with Crippen molar-refractivity contribution in [3.8, 4) is 5.75 Å². The van der Waals surface area contributed by atoms with E-state index in [1.54, 1.807) is 39.2 Å². The second-order valence-electron chi connectivity index (χ2n) is 11.7. The molecule has 4 rings (SSSR count). The number of hydrogen-bond acceptors (Lipinski definition) is 9. The monoisotopic (exact) mass is 620 g/mol. The topological polar surface area (TPSA) is 181 Å². The van der Waals surface area contributed by atoms with Gasteiger partial charge in [0.1, 0.15) is 23.8 Å². The van der Waals surface area contributed by atoms with Crippen LogP contribution in [0.1, 0.15) is 60.5 Å². The lowest BCUT2D eigenvalue weighted by atomic mass is 9.95. The number of esters is 1. The van der Waals surface area contributed by atoms with E-state index in [0.29, 0.717) is 47.6 Å². The Balaban J connectivity index is 1.47. The molecule has 0 saturated carbocycles. The number of hydrogen-bond donors (Lipinski definition) is 4. The molecule has 1 aromatic carbocycles. The van der Waals surface area contributed by atoms with E-state index in [-0.39, 0.29) is 30.4 Å². The molecule has 3 aromatic rings. The van der Waals surface area contributed by atoms with Gasteiger partial charge in [-0.25, -0.2) is 9.97 Å². The average Bonchev–Trinajstić information content (AvgIpc) is 3.62. The normalized spacial score (nSPS) is 15.8. The van der Waals surface area contributed by atoms with Crippen molar-refractivity contribution in [2.45, 2.75) is 65.5 Å². The second kappa shape index (κ2) is 14.8. The quantitative estimate of drug-likeness (QED) is 0.196. The molecule has 1 fully saturated rings. The number of H-pyrrole nitrogens is 1. The Morgan fingerprint density at radius 3 is 2.44 bits per heavy atom. The first kappa shape index (κ1) is 33.1. The highest BCUT2D eigenvalue weighted by Crippen LogP contribution is 2.26. The van der Waals surface area contributed by atoms with E-state index < -0.39 is 48.2 Å². The van der Waals surface area contributed by atoms with Crippen LogP contribution in [0.3, 0.4) is 0 Å². The number of methoxy groups -OCH3 is 1. The Morgan fingerprint density at radius 1 is 1.07 bits per heavy atom. The third kappa shape index (κ3) is 8.43. The fourth-order valence-electron chi connectivity index (χ4n) is 5.39. The number of carbonyl (C=O) groups excluding carboxylic acids is 5. The van der Waals surface area contributed by atoms with Crippen LogP contribution in [0.25, 0.3) is 10.9 Å². The summed E-state index contributed by atoms with van der Waals surface area (Å²) in [6.07, 6.45) is 2.11. The van der Waals surface area contributed by atoms with Crippen molar-refractivity contribution in [1.82, 2.24) is 30.9 Å². The van der Waals surface area contributed by atoms with Crippen molar-refractivity contribution in [3.63, 3.8) is 0 Å². The largest absolute Gasteiger partial charge is 0.496 e. The van der Waals surface area contributed by atoms with Gasteiger partial charge in [-0.05, 0) is 57.2 Å². The molecular weight excluding hydrogens is 580 g/mol. The van der Waals surface area contributed by atoms with Crippen molar-refractivity contribution in [1.29, 1.82) is 0 Å². The maximum absolute atomic E-state index is 13.6. The first-order chi connectivity index (χ1) is 21.5. The number of carbonyl (C=O) groups is 5. The summed E-state index contributed by atoms with van der Waals surface area (Å²) in [7, 11) is 1.54. The Morgan fingerprint density at radius 2 is 1.80 bits per heavy atom. The fourth-order valence-corrected chi connectivity index (χ4v) is 5.39. The maximum Gasteiger partial charge on any atom is 0.310 e. The van der Waals surface area contributed by atoms with E-state index in [9.17, 15) is 24.0 Å². The molecule has 0 aliphatic carbocycles. The van der Waals surface area contributed by atoms with Crippen LogP contribution in [-0.4, -0.2) is 76.8 Å². The van der Waals surface area contributed by atoms with Crippen LogP contribution in [0, 0.1) is 25.7 Å². The number of rotatable bonds is 14. The predicted octanol–water partition coefficient (Wildman–Crippen LogP) is 2.09. The lowest BCUT2D eigenvalue weighted by Gasteiger charge is -2.25. The molecule has 1 aliphatic rings. The van der Waals surface area contributed by atoms with Crippen LogP contribution in [0.2, 0.25) is 0 Å². The van der Waals surface area contributed by atoms with Crippen LogP contribution < -0.4 is 20.7 Å². The van der Waals surface area contributed by atoms with Gasteiger partial charge in [0, 0.05) is 40.3 Å². The van der Waals surface area contributed by atoms with Gasteiger partial charge in [-0.15, -0.1) is 0 Å². The molecular formula is C32H40N6O7. The van der Waals surface area contributed by atoms with Gasteiger partial charge in [-0.1, -0.05) is 19.9 Å². The Bertz CT molecular complexity index is 1560. The maximum atomic E-state index is 13.6. The summed E-state index contributed by atoms with van der Waals surface area (Å²) in [6, 6.07) is 4.94. The summed E-state index contributed by atoms with van der Waals surface area (Å²) in [4.78, 5) is 76.5. The highest BCUT2D eigenvalue weighted by atomic mass is 16.5. The molecule has 3 heterocycles. The summed E-state index contributed by atoms with van der Waals surface area (Å²) < 4.78 is 10.7. The highest BCUT2D eigenvalue weighted by molar-refractivity contribution is 6.02. The fraction of sp³-hybridized carbons (Fsp3) is 0.469. The molecule has 1 saturated heterocycles. The van der Waals surface area contributed by atoms with E-state index in [0.717, 1.165) is 5.39 Å². The van der Waals surface area contributed by atoms with Gasteiger partial charge in [0.25, 0.3) is 5.91 Å². The van der Waals surface area contributed by atoms with Crippen LogP contribution >= 0.6 is 0 Å². The molecule has 4 N–H and O–H groups in total. The number of Topliss-reactive ketones (excluding diaryl/α,β-unsaturated/α-hetero) is 1. The molecule has 2 aromatic heterocycles. The van der Waals surface area contributed by atoms with Gasteiger partial charge in [0.05, 0.1) is 19.6 Å². The lowest BCUT2D eigenvalue weighted by Crippen LogP contribution is -2.53. The number of fused-ring (bicyclic) bond motifs is 1. The first-order valence-electron chi connectivity index (χ1n) is 15.0. The molecule has 0 unspecified atom stereocenters. The van der Waals surface area contributed by atoms with Crippen molar-refractivity contribution in [3.05, 3.63) is 53.2 Å². The molecule has 3 amide bonds. The van der Waals surface area contributed by atoms with Gasteiger partial charge in [-0.3, -0.25) is 24.0 Å². The van der Waals surface area contributed by atoms with Crippen LogP contribution in [0.5, 0.6) is 5.75 Å². The summed E-state index contributed by atoms with van der Waals surface area (Å²) in [6.45, 7) is 7.19. The van der Waals surface area contributed by atoms with E-state index in [2.05, 4.69) is 30.9 Å². The van der Waals surface area contributed by atoms with E-state index in [1.807, 2.05) is 19.9 Å². The Kier molecular flexibility index (Phi) is 10.9. The zero-order valence-corrected chi connectivity index (χ0v) is 26.2. The van der Waals surface area contributed by atoms with E-state index >= 15 is 0 Å². The smallest absolute Gasteiger partial charge is 0.310 e. The van der Waals surface area contributed by atoms with Gasteiger partial charge in [-0.2, -0.15) is 0 Å². The number of aryl methyl sites for hydroxylation is 2. The Hall–Kier alpha value is -4.81. The molecule has 13 nitrogen and oxygen atoms in total. The summed E-state index contributed by atoms with van der Waals surface area (Å²) >= 11 is 0. The number of nitrogens with zero attached hydrogens (tertiary/aromatic N) is 2. The zero-order chi connectivity index (χ0) is 32.7. The zero-order valence-electron chi connectivity index (χ0n) is 26.2. The van der Waals surface area contributed by atoms with Crippen molar-refractivity contribution in [2.24, 2.45) is 11.8 Å². The summed E-state index contributed by atoms with van der Waals surface area (Å²) in [5.41, 5.74) is 2.82.